The molecular formula is C19H30N4O4. The molecule has 8 heteroatoms. The maximum Gasteiger partial charge on any atom is 0.287 e. The van der Waals surface area contributed by atoms with Crippen molar-refractivity contribution in [1.82, 2.24) is 20.6 Å². The molecule has 0 bridgehead atoms. The molecule has 1 aromatic heterocycles. The molecule has 1 aromatic rings. The van der Waals surface area contributed by atoms with Crippen LogP contribution in [0.25, 0.3) is 0 Å². The molecule has 8 nitrogen and oxygen atoms in total. The Morgan fingerprint density at radius 2 is 2.07 bits per heavy atom. The van der Waals surface area contributed by atoms with Crippen LogP contribution in [-0.2, 0) is 14.3 Å². The number of nitrogens with zero attached hydrogens (tertiary/aromatic N) is 1. The Morgan fingerprint density at radius 3 is 2.78 bits per heavy atom. The van der Waals surface area contributed by atoms with Crippen LogP contribution in [0, 0.1) is 5.92 Å². The molecule has 0 radical (unpaired) electrons. The number of hydrogen-bond acceptors (Lipinski definition) is 5. The Hall–Kier alpha value is -1.93. The molecule has 1 saturated heterocycles. The van der Waals surface area contributed by atoms with Gasteiger partial charge in [-0.05, 0) is 38.5 Å². The average molecular weight is 378 g/mol. The van der Waals surface area contributed by atoms with Gasteiger partial charge in [0, 0.05) is 44.2 Å². The fourth-order valence-corrected chi connectivity index (χ4v) is 3.79. The fourth-order valence-electron chi connectivity index (χ4n) is 3.79. The number of H-pyrrole nitrogens is 1. The Balaban J connectivity index is 1.59. The number of aromatic amines is 1. The van der Waals surface area contributed by atoms with Crippen LogP contribution in [0.4, 0.5) is 0 Å². The van der Waals surface area contributed by atoms with E-state index in [-0.39, 0.29) is 41.7 Å². The molecule has 150 valence electrons. The van der Waals surface area contributed by atoms with Crippen molar-refractivity contribution in [2.75, 3.05) is 19.8 Å². The van der Waals surface area contributed by atoms with Crippen LogP contribution < -0.4 is 10.6 Å². The number of imidazole rings is 1. The molecule has 1 saturated carbocycles. The number of ether oxygens (including phenoxy) is 2. The molecule has 0 unspecified atom stereocenters. The average Bonchev–Trinajstić information content (AvgIpc) is 3.22. The van der Waals surface area contributed by atoms with Crippen LogP contribution in [-0.4, -0.2) is 59.8 Å². The summed E-state index contributed by atoms with van der Waals surface area (Å²) in [5.74, 6) is -0.0251. The maximum atomic E-state index is 12.7. The van der Waals surface area contributed by atoms with Gasteiger partial charge >= 0.3 is 0 Å². The summed E-state index contributed by atoms with van der Waals surface area (Å²) in [5.41, 5.74) is 0. The highest BCUT2D eigenvalue weighted by atomic mass is 16.5. The lowest BCUT2D eigenvalue weighted by atomic mass is 9.82. The number of aromatic nitrogens is 2. The van der Waals surface area contributed by atoms with Crippen molar-refractivity contribution in [3.05, 3.63) is 18.2 Å². The van der Waals surface area contributed by atoms with E-state index in [1.807, 2.05) is 0 Å². The van der Waals surface area contributed by atoms with Gasteiger partial charge in [-0.25, -0.2) is 4.98 Å². The SMILES string of the molecule is CCCO[C@@H]1CC[C@H](C(=O)NC2CCOCC2)C[C@H]1NC(=O)c1ncc[nH]1. The van der Waals surface area contributed by atoms with Crippen LogP contribution in [0.5, 0.6) is 0 Å². The number of carbonyl (C=O) groups is 2. The maximum absolute atomic E-state index is 12.7. The van der Waals surface area contributed by atoms with Gasteiger partial charge < -0.3 is 25.1 Å². The van der Waals surface area contributed by atoms with E-state index in [0.29, 0.717) is 26.2 Å². The number of rotatable bonds is 7. The summed E-state index contributed by atoms with van der Waals surface area (Å²) in [7, 11) is 0. The third-order valence-corrected chi connectivity index (χ3v) is 5.29. The van der Waals surface area contributed by atoms with Gasteiger partial charge in [0.2, 0.25) is 5.91 Å². The lowest BCUT2D eigenvalue weighted by Gasteiger charge is -2.36. The zero-order valence-corrected chi connectivity index (χ0v) is 15.9. The third kappa shape index (κ3) is 5.52. The van der Waals surface area contributed by atoms with Gasteiger partial charge in [-0.1, -0.05) is 6.92 Å². The van der Waals surface area contributed by atoms with E-state index < -0.39 is 0 Å². The second kappa shape index (κ2) is 9.85. The lowest BCUT2D eigenvalue weighted by molar-refractivity contribution is -0.129. The fraction of sp³-hybridized carbons (Fsp3) is 0.737. The first-order valence-corrected chi connectivity index (χ1v) is 9.97. The van der Waals surface area contributed by atoms with Gasteiger partial charge in [0.1, 0.15) is 0 Å². The van der Waals surface area contributed by atoms with E-state index in [1.165, 1.54) is 0 Å². The summed E-state index contributed by atoms with van der Waals surface area (Å²) in [5, 5.41) is 6.17. The van der Waals surface area contributed by atoms with E-state index in [1.54, 1.807) is 12.4 Å². The minimum absolute atomic E-state index is 0.0732. The molecule has 2 aliphatic rings. The first-order chi connectivity index (χ1) is 13.2. The lowest BCUT2D eigenvalue weighted by Crippen LogP contribution is -2.51. The molecule has 1 aliphatic heterocycles. The Bertz CT molecular complexity index is 601. The molecule has 2 amide bonds. The van der Waals surface area contributed by atoms with Crippen molar-refractivity contribution >= 4 is 11.8 Å². The molecule has 27 heavy (non-hydrogen) atoms. The standard InChI is InChI=1S/C19H30N4O4/c1-2-9-27-16-4-3-13(18(24)22-14-5-10-26-11-6-14)12-15(16)23-19(25)17-20-7-8-21-17/h7-8,13-16H,2-6,9-12H2,1H3,(H,20,21)(H,22,24)(H,23,25)/t13-,15+,16+/m0/s1. The van der Waals surface area contributed by atoms with Crippen LogP contribution >= 0.6 is 0 Å². The van der Waals surface area contributed by atoms with Crippen LogP contribution in [0.1, 0.15) is 56.1 Å². The van der Waals surface area contributed by atoms with Crippen molar-refractivity contribution < 1.29 is 19.1 Å². The smallest absolute Gasteiger partial charge is 0.287 e. The van der Waals surface area contributed by atoms with E-state index in [2.05, 4.69) is 27.5 Å². The molecular weight excluding hydrogens is 348 g/mol. The first kappa shape index (κ1) is 19.8. The molecule has 0 spiro atoms. The summed E-state index contributed by atoms with van der Waals surface area (Å²) in [6.45, 7) is 4.11. The monoisotopic (exact) mass is 378 g/mol. The molecule has 1 aliphatic carbocycles. The van der Waals surface area contributed by atoms with E-state index in [9.17, 15) is 9.59 Å². The van der Waals surface area contributed by atoms with Gasteiger partial charge in [-0.2, -0.15) is 0 Å². The zero-order valence-electron chi connectivity index (χ0n) is 15.9. The summed E-state index contributed by atoms with van der Waals surface area (Å²) in [6, 6.07) is -0.00943. The second-order valence-corrected chi connectivity index (χ2v) is 7.33. The van der Waals surface area contributed by atoms with Crippen LogP contribution in [0.3, 0.4) is 0 Å². The van der Waals surface area contributed by atoms with Gasteiger partial charge in [0.05, 0.1) is 12.1 Å². The molecule has 3 atom stereocenters. The van der Waals surface area contributed by atoms with Crippen molar-refractivity contribution in [2.45, 2.75) is 63.6 Å². The molecule has 2 heterocycles. The number of amides is 2. The summed E-state index contributed by atoms with van der Waals surface area (Å²) < 4.78 is 11.3. The van der Waals surface area contributed by atoms with Gasteiger partial charge in [0.15, 0.2) is 5.82 Å². The Morgan fingerprint density at radius 1 is 1.26 bits per heavy atom. The zero-order chi connectivity index (χ0) is 19.1. The minimum Gasteiger partial charge on any atom is -0.381 e. The molecule has 2 fully saturated rings. The van der Waals surface area contributed by atoms with Crippen molar-refractivity contribution in [2.24, 2.45) is 5.92 Å². The Kier molecular flexibility index (Phi) is 7.23. The second-order valence-electron chi connectivity index (χ2n) is 7.33. The minimum atomic E-state index is -0.263. The topological polar surface area (TPSA) is 105 Å². The molecule has 0 aromatic carbocycles. The van der Waals surface area contributed by atoms with Crippen LogP contribution in [0.15, 0.2) is 12.4 Å². The number of hydrogen-bond donors (Lipinski definition) is 3. The number of carbonyl (C=O) groups excluding carboxylic acids is 2. The van der Waals surface area contributed by atoms with E-state index >= 15 is 0 Å². The molecule has 3 N–H and O–H groups in total. The summed E-state index contributed by atoms with van der Waals surface area (Å²) in [6.07, 6.45) is 7.84. The van der Waals surface area contributed by atoms with Crippen molar-refractivity contribution in [3.63, 3.8) is 0 Å². The Labute approximate surface area is 159 Å². The van der Waals surface area contributed by atoms with E-state index in [0.717, 1.165) is 32.1 Å². The van der Waals surface area contributed by atoms with E-state index in [4.69, 9.17) is 9.47 Å². The van der Waals surface area contributed by atoms with Crippen molar-refractivity contribution in [1.29, 1.82) is 0 Å². The van der Waals surface area contributed by atoms with Gasteiger partial charge in [-0.15, -0.1) is 0 Å². The summed E-state index contributed by atoms with van der Waals surface area (Å²) >= 11 is 0. The van der Waals surface area contributed by atoms with Crippen molar-refractivity contribution in [3.8, 4) is 0 Å². The highest BCUT2D eigenvalue weighted by Gasteiger charge is 2.36. The van der Waals surface area contributed by atoms with Gasteiger partial charge in [0.25, 0.3) is 5.91 Å². The quantitative estimate of drug-likeness (QED) is 0.665. The van der Waals surface area contributed by atoms with Crippen LogP contribution in [0.2, 0.25) is 0 Å². The highest BCUT2D eigenvalue weighted by Crippen LogP contribution is 2.28. The highest BCUT2D eigenvalue weighted by molar-refractivity contribution is 5.90. The largest absolute Gasteiger partial charge is 0.381 e. The predicted molar refractivity (Wildman–Crippen MR) is 99.2 cm³/mol. The summed E-state index contributed by atoms with van der Waals surface area (Å²) in [4.78, 5) is 32.0. The number of nitrogens with one attached hydrogen (secondary N) is 3. The predicted octanol–water partition coefficient (Wildman–Crippen LogP) is 1.40. The molecule has 3 rings (SSSR count). The third-order valence-electron chi connectivity index (χ3n) is 5.29. The first-order valence-electron chi connectivity index (χ1n) is 9.97. The normalized spacial score (nSPS) is 26.5. The van der Waals surface area contributed by atoms with Gasteiger partial charge in [-0.3, -0.25) is 9.59 Å².